The van der Waals surface area contributed by atoms with Crippen molar-refractivity contribution in [1.29, 1.82) is 0 Å². The molecular weight excluding hydrogens is 303 g/mol. The van der Waals surface area contributed by atoms with E-state index >= 15 is 0 Å². The Morgan fingerprint density at radius 1 is 0.958 bits per heavy atom. The summed E-state index contributed by atoms with van der Waals surface area (Å²) in [5.41, 5.74) is 2.71. The number of hydrogen-bond acceptors (Lipinski definition) is 1. The lowest BCUT2D eigenvalue weighted by atomic mass is 10.1. The number of hydrogen-bond donors (Lipinski definition) is 1. The number of carbonyl (C=O) groups excluding carboxylic acids is 1. The second-order valence-corrected chi connectivity index (χ2v) is 5.58. The number of aromatic nitrogens is 1. The van der Waals surface area contributed by atoms with Crippen LogP contribution in [0.5, 0.6) is 0 Å². The van der Waals surface area contributed by atoms with E-state index in [2.05, 4.69) is 5.32 Å². The Kier molecular flexibility index (Phi) is 4.66. The van der Waals surface area contributed by atoms with Crippen molar-refractivity contribution in [3.8, 4) is 11.1 Å². The number of nitrogens with one attached hydrogen (secondary N) is 1. The van der Waals surface area contributed by atoms with Crippen LogP contribution in [0.1, 0.15) is 13.0 Å². The summed E-state index contributed by atoms with van der Waals surface area (Å²) >= 11 is 0. The van der Waals surface area contributed by atoms with Gasteiger partial charge in [-0.25, -0.2) is 4.39 Å². The maximum Gasteiger partial charge on any atom is 0.293 e. The molecule has 0 aliphatic carbocycles. The van der Waals surface area contributed by atoms with Crippen LogP contribution in [0.4, 0.5) is 10.1 Å². The number of halogens is 1. The molecule has 3 rings (SSSR count). The highest BCUT2D eigenvalue weighted by Crippen LogP contribution is 2.17. The van der Waals surface area contributed by atoms with E-state index in [1.54, 1.807) is 12.1 Å². The first-order valence-electron chi connectivity index (χ1n) is 7.76. The zero-order chi connectivity index (χ0) is 16.9. The van der Waals surface area contributed by atoms with Crippen LogP contribution in [0.15, 0.2) is 79.1 Å². The van der Waals surface area contributed by atoms with E-state index in [0.717, 1.165) is 11.1 Å². The molecule has 4 heteroatoms. The third kappa shape index (κ3) is 3.66. The monoisotopic (exact) mass is 321 g/mol. The average molecular weight is 321 g/mol. The molecule has 0 bridgehead atoms. The maximum absolute atomic E-state index is 12.9. The Morgan fingerprint density at radius 3 is 2.33 bits per heavy atom. The SMILES string of the molecule is C[C@H](C(=O)Nc1ccc(F)cc1)[n+]1cccc(-c2ccccc2)c1. The first-order valence-corrected chi connectivity index (χ1v) is 7.76. The first-order chi connectivity index (χ1) is 11.6. The highest BCUT2D eigenvalue weighted by molar-refractivity contribution is 5.92. The largest absolute Gasteiger partial charge is 0.320 e. The number of amides is 1. The minimum absolute atomic E-state index is 0.156. The third-order valence-electron chi connectivity index (χ3n) is 3.87. The molecule has 0 aliphatic heterocycles. The van der Waals surface area contributed by atoms with Crippen molar-refractivity contribution in [2.24, 2.45) is 0 Å². The van der Waals surface area contributed by atoms with Crippen LogP contribution in [-0.4, -0.2) is 5.91 Å². The number of anilines is 1. The van der Waals surface area contributed by atoms with Crippen LogP contribution in [-0.2, 0) is 4.79 Å². The van der Waals surface area contributed by atoms with E-state index in [0.29, 0.717) is 5.69 Å². The molecule has 3 nitrogen and oxygen atoms in total. The Bertz CT molecular complexity index is 832. The molecular formula is C20H18FN2O+. The first kappa shape index (κ1) is 15.9. The Labute approximate surface area is 140 Å². The molecule has 1 heterocycles. The second kappa shape index (κ2) is 7.04. The summed E-state index contributed by atoms with van der Waals surface area (Å²) in [5, 5.41) is 2.80. The quantitative estimate of drug-likeness (QED) is 0.725. The number of benzene rings is 2. The molecule has 1 aromatic heterocycles. The van der Waals surface area contributed by atoms with Crippen molar-refractivity contribution in [3.05, 3.63) is 84.9 Å². The van der Waals surface area contributed by atoms with E-state index in [9.17, 15) is 9.18 Å². The predicted octanol–water partition coefficient (Wildman–Crippen LogP) is 3.98. The zero-order valence-electron chi connectivity index (χ0n) is 13.3. The third-order valence-corrected chi connectivity index (χ3v) is 3.87. The van der Waals surface area contributed by atoms with Gasteiger partial charge in [-0.2, -0.15) is 4.57 Å². The van der Waals surface area contributed by atoms with Crippen molar-refractivity contribution < 1.29 is 13.8 Å². The van der Waals surface area contributed by atoms with Gasteiger partial charge in [-0.15, -0.1) is 0 Å². The van der Waals surface area contributed by atoms with E-state index in [-0.39, 0.29) is 11.7 Å². The van der Waals surface area contributed by atoms with Crippen LogP contribution in [0.25, 0.3) is 11.1 Å². The summed E-state index contributed by atoms with van der Waals surface area (Å²) in [6.45, 7) is 1.83. The fraction of sp³-hybridized carbons (Fsp3) is 0.100. The molecule has 0 fully saturated rings. The maximum atomic E-state index is 12.9. The number of pyridine rings is 1. The van der Waals surface area contributed by atoms with E-state index in [1.165, 1.54) is 12.1 Å². The summed E-state index contributed by atoms with van der Waals surface area (Å²) in [7, 11) is 0. The molecule has 0 radical (unpaired) electrons. The smallest absolute Gasteiger partial charge is 0.293 e. The molecule has 24 heavy (non-hydrogen) atoms. The van der Waals surface area contributed by atoms with E-state index in [4.69, 9.17) is 0 Å². The molecule has 0 spiro atoms. The van der Waals surface area contributed by atoms with Gasteiger partial charge in [0.25, 0.3) is 5.91 Å². The molecule has 3 aromatic rings. The highest BCUT2D eigenvalue weighted by Gasteiger charge is 2.22. The second-order valence-electron chi connectivity index (χ2n) is 5.58. The number of rotatable bonds is 4. The van der Waals surface area contributed by atoms with Gasteiger partial charge in [-0.05, 0) is 35.9 Å². The zero-order valence-corrected chi connectivity index (χ0v) is 13.3. The lowest BCUT2D eigenvalue weighted by Gasteiger charge is -2.09. The lowest BCUT2D eigenvalue weighted by molar-refractivity contribution is -0.705. The predicted molar refractivity (Wildman–Crippen MR) is 91.8 cm³/mol. The van der Waals surface area contributed by atoms with Gasteiger partial charge >= 0.3 is 0 Å². The van der Waals surface area contributed by atoms with Crippen molar-refractivity contribution in [1.82, 2.24) is 0 Å². The summed E-state index contributed by atoms with van der Waals surface area (Å²) in [4.78, 5) is 12.4. The van der Waals surface area contributed by atoms with Crippen LogP contribution in [0.2, 0.25) is 0 Å². The molecule has 0 aliphatic rings. The topological polar surface area (TPSA) is 33.0 Å². The fourth-order valence-corrected chi connectivity index (χ4v) is 2.45. The van der Waals surface area contributed by atoms with Crippen molar-refractivity contribution in [2.75, 3.05) is 5.32 Å². The molecule has 1 atom stereocenters. The van der Waals surface area contributed by atoms with Crippen molar-refractivity contribution in [2.45, 2.75) is 13.0 Å². The lowest BCUT2D eigenvalue weighted by Crippen LogP contribution is -2.44. The van der Waals surface area contributed by atoms with Gasteiger partial charge in [-0.3, -0.25) is 4.79 Å². The van der Waals surface area contributed by atoms with Gasteiger partial charge in [0.15, 0.2) is 12.4 Å². The number of carbonyl (C=O) groups is 1. The Morgan fingerprint density at radius 2 is 1.62 bits per heavy atom. The molecule has 2 aromatic carbocycles. The summed E-state index contributed by atoms with van der Waals surface area (Å²) in [6, 6.07) is 19.3. The normalized spacial score (nSPS) is 11.8. The van der Waals surface area contributed by atoms with E-state index < -0.39 is 6.04 Å². The minimum Gasteiger partial charge on any atom is -0.320 e. The van der Waals surface area contributed by atoms with Crippen LogP contribution in [0.3, 0.4) is 0 Å². The van der Waals surface area contributed by atoms with Crippen molar-refractivity contribution in [3.63, 3.8) is 0 Å². The Hall–Kier alpha value is -3.01. The molecule has 1 N–H and O–H groups in total. The molecule has 1 amide bonds. The fourth-order valence-electron chi connectivity index (χ4n) is 2.45. The standard InChI is InChI=1S/C20H17FN2O/c1-15(20(24)22-19-11-9-18(21)10-12-19)23-13-5-8-17(14-23)16-6-3-2-4-7-16/h2-15H,1H3/p+1/t15-/m1/s1. The highest BCUT2D eigenvalue weighted by atomic mass is 19.1. The average Bonchev–Trinajstić information content (AvgIpc) is 2.64. The van der Waals surface area contributed by atoms with Gasteiger partial charge in [0.2, 0.25) is 6.04 Å². The van der Waals surface area contributed by atoms with E-state index in [1.807, 2.05) is 66.3 Å². The molecule has 0 saturated carbocycles. The molecule has 120 valence electrons. The summed E-state index contributed by atoms with van der Waals surface area (Å²) in [6.07, 6.45) is 3.81. The summed E-state index contributed by atoms with van der Waals surface area (Å²) < 4.78 is 14.8. The van der Waals surface area contributed by atoms with Crippen LogP contribution >= 0.6 is 0 Å². The Balaban J connectivity index is 1.78. The summed E-state index contributed by atoms with van der Waals surface area (Å²) in [5.74, 6) is -0.484. The van der Waals surface area contributed by atoms with Crippen LogP contribution < -0.4 is 9.88 Å². The molecule has 0 unspecified atom stereocenters. The minimum atomic E-state index is -0.390. The van der Waals surface area contributed by atoms with Gasteiger partial charge in [0, 0.05) is 24.2 Å². The van der Waals surface area contributed by atoms with Gasteiger partial charge in [0.05, 0.1) is 0 Å². The molecule has 0 saturated heterocycles. The van der Waals surface area contributed by atoms with Gasteiger partial charge in [0.1, 0.15) is 5.82 Å². The number of nitrogens with zero attached hydrogens (tertiary/aromatic N) is 1. The van der Waals surface area contributed by atoms with Crippen LogP contribution in [0, 0.1) is 5.82 Å². The van der Waals surface area contributed by atoms with Gasteiger partial charge < -0.3 is 5.32 Å². The van der Waals surface area contributed by atoms with Crippen molar-refractivity contribution >= 4 is 11.6 Å². The van der Waals surface area contributed by atoms with Gasteiger partial charge in [-0.1, -0.05) is 30.3 Å².